The molecule has 0 aromatic heterocycles. The van der Waals surface area contributed by atoms with Gasteiger partial charge in [0.25, 0.3) is 0 Å². The van der Waals surface area contributed by atoms with E-state index in [1.165, 1.54) is 32.1 Å². The first-order chi connectivity index (χ1) is 9.58. The summed E-state index contributed by atoms with van der Waals surface area (Å²) in [5.41, 5.74) is 1.71. The molecule has 20 heavy (non-hydrogen) atoms. The van der Waals surface area contributed by atoms with Gasteiger partial charge in [0, 0.05) is 0 Å². The van der Waals surface area contributed by atoms with Crippen LogP contribution in [0.15, 0.2) is 24.8 Å². The van der Waals surface area contributed by atoms with Gasteiger partial charge in [-0.05, 0) is 37.0 Å². The van der Waals surface area contributed by atoms with Crippen LogP contribution in [0.5, 0.6) is 0 Å². The molecule has 0 bridgehead atoms. The Kier molecular flexibility index (Phi) is 22.6. The van der Waals surface area contributed by atoms with Crippen molar-refractivity contribution in [2.45, 2.75) is 87.5 Å². The van der Waals surface area contributed by atoms with Gasteiger partial charge >= 0.3 is 0 Å². The summed E-state index contributed by atoms with van der Waals surface area (Å²) < 4.78 is 0. The Balaban J connectivity index is -0.000000656. The molecule has 0 aliphatic heterocycles. The van der Waals surface area contributed by atoms with Crippen LogP contribution in [0.25, 0.3) is 0 Å². The summed E-state index contributed by atoms with van der Waals surface area (Å²) in [5, 5.41) is 0. The standard InChI is InChI=1S/C16H32.C2H6.C2H4/c1-7-10-12-16(11-8-2)15(6)14(5)13(4)9-3;2*1-2/h11,13-15H,7-10,12H2,1-6H3;1-2H3;1-2H2/b16-11-;;. The highest BCUT2D eigenvalue weighted by Gasteiger charge is 2.20. The van der Waals surface area contributed by atoms with Gasteiger partial charge in [0.1, 0.15) is 0 Å². The smallest absolute Gasteiger partial charge is 0.0203 e. The van der Waals surface area contributed by atoms with Gasteiger partial charge in [-0.3, -0.25) is 0 Å². The molecule has 3 unspecified atom stereocenters. The van der Waals surface area contributed by atoms with E-state index in [9.17, 15) is 0 Å². The summed E-state index contributed by atoms with van der Waals surface area (Å²) in [7, 11) is 0. The van der Waals surface area contributed by atoms with Gasteiger partial charge in [0.05, 0.1) is 0 Å². The highest BCUT2D eigenvalue weighted by atomic mass is 14.3. The molecule has 0 aromatic carbocycles. The Labute approximate surface area is 130 Å². The van der Waals surface area contributed by atoms with E-state index >= 15 is 0 Å². The van der Waals surface area contributed by atoms with E-state index in [0.29, 0.717) is 0 Å². The van der Waals surface area contributed by atoms with Crippen LogP contribution in [0.3, 0.4) is 0 Å². The minimum Gasteiger partial charge on any atom is -0.106 e. The lowest BCUT2D eigenvalue weighted by atomic mass is 9.78. The second-order valence-electron chi connectivity index (χ2n) is 5.32. The van der Waals surface area contributed by atoms with Crippen molar-refractivity contribution < 1.29 is 0 Å². The van der Waals surface area contributed by atoms with Crippen LogP contribution in [0.2, 0.25) is 0 Å². The predicted octanol–water partition coefficient (Wildman–Crippen LogP) is 7.66. The van der Waals surface area contributed by atoms with Crippen molar-refractivity contribution in [3.8, 4) is 0 Å². The zero-order valence-corrected chi connectivity index (χ0v) is 15.8. The molecule has 0 fully saturated rings. The fraction of sp³-hybridized carbons (Fsp3) is 0.800. The van der Waals surface area contributed by atoms with E-state index < -0.39 is 0 Å². The average Bonchev–Trinajstić information content (AvgIpc) is 2.53. The molecule has 0 heterocycles. The second kappa shape index (κ2) is 18.5. The average molecular weight is 283 g/mol. The van der Waals surface area contributed by atoms with Crippen LogP contribution < -0.4 is 0 Å². The Morgan fingerprint density at radius 1 is 1.00 bits per heavy atom. The molecule has 0 amide bonds. The monoisotopic (exact) mass is 282 g/mol. The first-order valence-corrected chi connectivity index (χ1v) is 8.77. The van der Waals surface area contributed by atoms with Gasteiger partial charge in [-0.2, -0.15) is 0 Å². The van der Waals surface area contributed by atoms with E-state index in [-0.39, 0.29) is 0 Å². The molecule has 0 spiro atoms. The molecule has 3 atom stereocenters. The lowest BCUT2D eigenvalue weighted by molar-refractivity contribution is 0.296. The molecule has 122 valence electrons. The number of rotatable bonds is 8. The largest absolute Gasteiger partial charge is 0.106 e. The van der Waals surface area contributed by atoms with Gasteiger partial charge in [-0.1, -0.05) is 79.9 Å². The third-order valence-electron chi connectivity index (χ3n) is 4.20. The van der Waals surface area contributed by atoms with E-state index in [1.54, 1.807) is 5.57 Å². The van der Waals surface area contributed by atoms with Crippen molar-refractivity contribution in [3.05, 3.63) is 24.8 Å². The van der Waals surface area contributed by atoms with Crippen LogP contribution in [-0.2, 0) is 0 Å². The topological polar surface area (TPSA) is 0 Å². The molecule has 0 aliphatic carbocycles. The SMILES string of the molecule is C=C.CC.CC/C=C(/CCCC)C(C)C(C)C(C)CC. The van der Waals surface area contributed by atoms with Crippen molar-refractivity contribution in [1.29, 1.82) is 0 Å². The molecule has 0 saturated carbocycles. The third kappa shape index (κ3) is 11.3. The first kappa shape index (κ1) is 24.5. The summed E-state index contributed by atoms with van der Waals surface area (Å²) >= 11 is 0. The predicted molar refractivity (Wildman–Crippen MR) is 98.3 cm³/mol. The molecule has 0 radical (unpaired) electrons. The summed E-state index contributed by atoms with van der Waals surface area (Å²) in [5.74, 6) is 2.43. The zero-order chi connectivity index (χ0) is 16.6. The van der Waals surface area contributed by atoms with Crippen LogP contribution in [-0.4, -0.2) is 0 Å². The Morgan fingerprint density at radius 2 is 1.50 bits per heavy atom. The fourth-order valence-electron chi connectivity index (χ4n) is 2.36. The highest BCUT2D eigenvalue weighted by molar-refractivity contribution is 5.07. The van der Waals surface area contributed by atoms with Crippen LogP contribution >= 0.6 is 0 Å². The van der Waals surface area contributed by atoms with Crippen molar-refractivity contribution in [1.82, 2.24) is 0 Å². The first-order valence-electron chi connectivity index (χ1n) is 8.77. The Hall–Kier alpha value is -0.520. The number of unbranched alkanes of at least 4 members (excludes halogenated alkanes) is 1. The number of allylic oxidation sites excluding steroid dienone is 2. The molecule has 0 rings (SSSR count). The molecular weight excluding hydrogens is 240 g/mol. The molecule has 0 heteroatoms. The third-order valence-corrected chi connectivity index (χ3v) is 4.20. The van der Waals surface area contributed by atoms with Gasteiger partial charge in [-0.25, -0.2) is 0 Å². The van der Waals surface area contributed by atoms with Crippen molar-refractivity contribution in [2.24, 2.45) is 17.8 Å². The summed E-state index contributed by atoms with van der Waals surface area (Å²) in [4.78, 5) is 0. The van der Waals surface area contributed by atoms with Crippen LogP contribution in [0.4, 0.5) is 0 Å². The number of hydrogen-bond acceptors (Lipinski definition) is 0. The molecule has 0 N–H and O–H groups in total. The van der Waals surface area contributed by atoms with Gasteiger partial charge in [0.2, 0.25) is 0 Å². The molecule has 0 aromatic rings. The maximum atomic E-state index is 3.00. The van der Waals surface area contributed by atoms with Crippen LogP contribution in [0.1, 0.15) is 87.5 Å². The Morgan fingerprint density at radius 3 is 1.85 bits per heavy atom. The number of hydrogen-bond donors (Lipinski definition) is 0. The van der Waals surface area contributed by atoms with Gasteiger partial charge in [0.15, 0.2) is 0 Å². The maximum Gasteiger partial charge on any atom is -0.0203 e. The molecule has 0 nitrogen and oxygen atoms in total. The summed E-state index contributed by atoms with van der Waals surface area (Å²) in [6.07, 6.45) is 8.94. The van der Waals surface area contributed by atoms with Gasteiger partial charge in [-0.15, -0.1) is 13.2 Å². The molecular formula is C20H42. The van der Waals surface area contributed by atoms with Gasteiger partial charge < -0.3 is 0 Å². The quantitative estimate of drug-likeness (QED) is 0.401. The maximum absolute atomic E-state index is 3.00. The second-order valence-corrected chi connectivity index (χ2v) is 5.32. The van der Waals surface area contributed by atoms with Crippen LogP contribution in [0, 0.1) is 17.8 Å². The summed E-state index contributed by atoms with van der Waals surface area (Å²) in [6, 6.07) is 0. The lowest BCUT2D eigenvalue weighted by Gasteiger charge is -2.28. The fourth-order valence-corrected chi connectivity index (χ4v) is 2.36. The van der Waals surface area contributed by atoms with Crippen molar-refractivity contribution >= 4 is 0 Å². The molecule has 0 aliphatic rings. The van der Waals surface area contributed by atoms with E-state index in [2.05, 4.69) is 60.8 Å². The van der Waals surface area contributed by atoms with E-state index in [1.807, 2.05) is 13.8 Å². The van der Waals surface area contributed by atoms with E-state index in [4.69, 9.17) is 0 Å². The normalized spacial score (nSPS) is 15.1. The Bertz CT molecular complexity index is 202. The zero-order valence-electron chi connectivity index (χ0n) is 15.8. The van der Waals surface area contributed by atoms with E-state index in [0.717, 1.165) is 17.8 Å². The summed E-state index contributed by atoms with van der Waals surface area (Å²) in [6.45, 7) is 24.1. The minimum atomic E-state index is 0.765. The molecule has 0 saturated heterocycles. The minimum absolute atomic E-state index is 0.765. The van der Waals surface area contributed by atoms with Crippen molar-refractivity contribution in [2.75, 3.05) is 0 Å². The van der Waals surface area contributed by atoms with Crippen molar-refractivity contribution in [3.63, 3.8) is 0 Å². The lowest BCUT2D eigenvalue weighted by Crippen LogP contribution is -2.18. The highest BCUT2D eigenvalue weighted by Crippen LogP contribution is 2.31.